The molecule has 0 saturated carbocycles. The maximum absolute atomic E-state index is 3.46. The van der Waals surface area contributed by atoms with Gasteiger partial charge in [0, 0.05) is 18.6 Å². The maximum Gasteiger partial charge on any atom is 0.0223 e. The molecule has 78 valence electrons. The molecule has 13 heavy (non-hydrogen) atoms. The van der Waals surface area contributed by atoms with Gasteiger partial charge in [0.25, 0.3) is 0 Å². The number of likely N-dealkylation sites (tertiary alicyclic amines) is 1. The molecule has 2 nitrogen and oxygen atoms in total. The molecule has 1 N–H and O–H groups in total. The lowest BCUT2D eigenvalue weighted by Gasteiger charge is -2.38. The molecular weight excluding hydrogens is 160 g/mol. The first kappa shape index (κ1) is 11.0. The SMILES string of the molecule is CCNC[C@@H]1CCCCN1C(C)C. The first-order valence-corrected chi connectivity index (χ1v) is 5.72. The normalized spacial score (nSPS) is 25.4. The van der Waals surface area contributed by atoms with Crippen molar-refractivity contribution in [2.24, 2.45) is 0 Å². The van der Waals surface area contributed by atoms with Crippen LogP contribution in [0.2, 0.25) is 0 Å². The zero-order valence-corrected chi connectivity index (χ0v) is 9.34. The third-order valence-corrected chi connectivity index (χ3v) is 2.97. The Morgan fingerprint density at radius 3 is 2.77 bits per heavy atom. The summed E-state index contributed by atoms with van der Waals surface area (Å²) in [7, 11) is 0. The van der Waals surface area contributed by atoms with Crippen LogP contribution in [0.25, 0.3) is 0 Å². The minimum absolute atomic E-state index is 0.712. The van der Waals surface area contributed by atoms with Crippen LogP contribution in [0.4, 0.5) is 0 Å². The molecule has 1 saturated heterocycles. The summed E-state index contributed by atoms with van der Waals surface area (Å²) in [5, 5.41) is 3.46. The third-order valence-electron chi connectivity index (χ3n) is 2.97. The fraction of sp³-hybridized carbons (Fsp3) is 1.00. The molecule has 2 heteroatoms. The average molecular weight is 184 g/mol. The van der Waals surface area contributed by atoms with E-state index < -0.39 is 0 Å². The molecule has 0 aromatic rings. The monoisotopic (exact) mass is 184 g/mol. The van der Waals surface area contributed by atoms with E-state index in [0.717, 1.165) is 12.6 Å². The van der Waals surface area contributed by atoms with E-state index in [1.54, 1.807) is 0 Å². The molecule has 0 amide bonds. The number of nitrogens with zero attached hydrogens (tertiary/aromatic N) is 1. The minimum Gasteiger partial charge on any atom is -0.315 e. The topological polar surface area (TPSA) is 15.3 Å². The van der Waals surface area contributed by atoms with Gasteiger partial charge in [-0.3, -0.25) is 4.90 Å². The van der Waals surface area contributed by atoms with Crippen molar-refractivity contribution in [3.8, 4) is 0 Å². The summed E-state index contributed by atoms with van der Waals surface area (Å²) >= 11 is 0. The molecule has 1 fully saturated rings. The molecule has 1 aliphatic rings. The molecule has 0 bridgehead atoms. The summed E-state index contributed by atoms with van der Waals surface area (Å²) in [6.07, 6.45) is 4.19. The van der Waals surface area contributed by atoms with E-state index in [0.29, 0.717) is 6.04 Å². The number of hydrogen-bond donors (Lipinski definition) is 1. The van der Waals surface area contributed by atoms with Gasteiger partial charge in [-0.1, -0.05) is 13.3 Å². The zero-order valence-electron chi connectivity index (χ0n) is 9.34. The Bertz CT molecular complexity index is 134. The molecule has 1 aliphatic heterocycles. The van der Waals surface area contributed by atoms with E-state index in [9.17, 15) is 0 Å². The van der Waals surface area contributed by atoms with Crippen molar-refractivity contribution in [1.82, 2.24) is 10.2 Å². The molecule has 0 spiro atoms. The quantitative estimate of drug-likeness (QED) is 0.717. The molecule has 0 aliphatic carbocycles. The van der Waals surface area contributed by atoms with E-state index in [4.69, 9.17) is 0 Å². The molecule has 1 atom stereocenters. The third kappa shape index (κ3) is 3.28. The Kier molecular flexibility index (Phi) is 4.74. The van der Waals surface area contributed by atoms with E-state index in [1.165, 1.54) is 32.4 Å². The summed E-state index contributed by atoms with van der Waals surface area (Å²) in [4.78, 5) is 2.64. The highest BCUT2D eigenvalue weighted by molar-refractivity contribution is 4.80. The van der Waals surface area contributed by atoms with Crippen molar-refractivity contribution in [2.75, 3.05) is 19.6 Å². The van der Waals surface area contributed by atoms with Crippen molar-refractivity contribution in [2.45, 2.75) is 52.1 Å². The van der Waals surface area contributed by atoms with Crippen LogP contribution in [0.1, 0.15) is 40.0 Å². The summed E-state index contributed by atoms with van der Waals surface area (Å²) in [5.41, 5.74) is 0. The van der Waals surface area contributed by atoms with E-state index in [2.05, 4.69) is 31.0 Å². The molecule has 1 rings (SSSR count). The highest BCUT2D eigenvalue weighted by Crippen LogP contribution is 2.18. The van der Waals surface area contributed by atoms with Gasteiger partial charge in [-0.2, -0.15) is 0 Å². The lowest BCUT2D eigenvalue weighted by atomic mass is 10.0. The van der Waals surface area contributed by atoms with Gasteiger partial charge < -0.3 is 5.32 Å². The van der Waals surface area contributed by atoms with Crippen molar-refractivity contribution < 1.29 is 0 Å². The van der Waals surface area contributed by atoms with Crippen LogP contribution < -0.4 is 5.32 Å². The van der Waals surface area contributed by atoms with Crippen LogP contribution in [0.5, 0.6) is 0 Å². The minimum atomic E-state index is 0.712. The Labute approximate surface area is 82.7 Å². The molecule has 0 unspecified atom stereocenters. The second-order valence-corrected chi connectivity index (χ2v) is 4.29. The van der Waals surface area contributed by atoms with Crippen molar-refractivity contribution in [1.29, 1.82) is 0 Å². The predicted molar refractivity (Wildman–Crippen MR) is 58.0 cm³/mol. The second kappa shape index (κ2) is 5.61. The van der Waals surface area contributed by atoms with Crippen LogP contribution in [0.3, 0.4) is 0 Å². The Morgan fingerprint density at radius 2 is 2.15 bits per heavy atom. The molecular formula is C11H24N2. The second-order valence-electron chi connectivity index (χ2n) is 4.29. The lowest BCUT2D eigenvalue weighted by molar-refractivity contribution is 0.111. The maximum atomic E-state index is 3.46. The number of piperidine rings is 1. The Balaban J connectivity index is 2.37. The van der Waals surface area contributed by atoms with Crippen LogP contribution in [-0.4, -0.2) is 36.6 Å². The number of rotatable bonds is 4. The van der Waals surface area contributed by atoms with Crippen LogP contribution in [0, 0.1) is 0 Å². The summed E-state index contributed by atoms with van der Waals surface area (Å²) < 4.78 is 0. The fourth-order valence-electron chi connectivity index (χ4n) is 2.23. The summed E-state index contributed by atoms with van der Waals surface area (Å²) in [5.74, 6) is 0. The van der Waals surface area contributed by atoms with Gasteiger partial charge in [0.2, 0.25) is 0 Å². The molecule has 0 aromatic carbocycles. The van der Waals surface area contributed by atoms with E-state index in [1.807, 2.05) is 0 Å². The van der Waals surface area contributed by atoms with Gasteiger partial charge in [-0.25, -0.2) is 0 Å². The summed E-state index contributed by atoms with van der Waals surface area (Å²) in [6.45, 7) is 10.4. The largest absolute Gasteiger partial charge is 0.315 e. The highest BCUT2D eigenvalue weighted by Gasteiger charge is 2.23. The van der Waals surface area contributed by atoms with Crippen LogP contribution >= 0.6 is 0 Å². The van der Waals surface area contributed by atoms with Gasteiger partial charge in [0.05, 0.1) is 0 Å². The fourth-order valence-corrected chi connectivity index (χ4v) is 2.23. The van der Waals surface area contributed by atoms with Gasteiger partial charge >= 0.3 is 0 Å². The van der Waals surface area contributed by atoms with Crippen molar-refractivity contribution >= 4 is 0 Å². The summed E-state index contributed by atoms with van der Waals surface area (Å²) in [6, 6.07) is 1.50. The molecule has 0 radical (unpaired) electrons. The van der Waals surface area contributed by atoms with Gasteiger partial charge in [0.1, 0.15) is 0 Å². The molecule has 1 heterocycles. The zero-order chi connectivity index (χ0) is 9.68. The highest BCUT2D eigenvalue weighted by atomic mass is 15.2. The van der Waals surface area contributed by atoms with Crippen LogP contribution in [-0.2, 0) is 0 Å². The average Bonchev–Trinajstić information content (AvgIpc) is 2.15. The van der Waals surface area contributed by atoms with Crippen LogP contribution in [0.15, 0.2) is 0 Å². The first-order valence-electron chi connectivity index (χ1n) is 5.72. The Hall–Kier alpha value is -0.0800. The van der Waals surface area contributed by atoms with Gasteiger partial charge in [0.15, 0.2) is 0 Å². The number of nitrogens with one attached hydrogen (secondary N) is 1. The van der Waals surface area contributed by atoms with Crippen molar-refractivity contribution in [3.63, 3.8) is 0 Å². The van der Waals surface area contributed by atoms with Gasteiger partial charge in [-0.15, -0.1) is 0 Å². The number of likely N-dealkylation sites (N-methyl/N-ethyl adjacent to an activating group) is 1. The Morgan fingerprint density at radius 1 is 1.38 bits per heavy atom. The predicted octanol–water partition coefficient (Wildman–Crippen LogP) is 1.86. The van der Waals surface area contributed by atoms with E-state index >= 15 is 0 Å². The number of hydrogen-bond acceptors (Lipinski definition) is 2. The first-order chi connectivity index (χ1) is 6.25. The van der Waals surface area contributed by atoms with Crippen molar-refractivity contribution in [3.05, 3.63) is 0 Å². The van der Waals surface area contributed by atoms with Gasteiger partial charge in [-0.05, 0) is 39.8 Å². The van der Waals surface area contributed by atoms with E-state index in [-0.39, 0.29) is 0 Å². The standard InChI is InChI=1S/C11H24N2/c1-4-12-9-11-7-5-6-8-13(11)10(2)3/h10-12H,4-9H2,1-3H3/t11-/m0/s1. The smallest absolute Gasteiger partial charge is 0.0223 e. The molecule has 0 aromatic heterocycles. The lowest BCUT2D eigenvalue weighted by Crippen LogP contribution is -2.48.